The van der Waals surface area contributed by atoms with Gasteiger partial charge in [-0.05, 0) is 50.1 Å². The molecule has 0 aliphatic carbocycles. The van der Waals surface area contributed by atoms with Crippen LogP contribution in [0.3, 0.4) is 0 Å². The van der Waals surface area contributed by atoms with Gasteiger partial charge in [0.2, 0.25) is 0 Å². The zero-order valence-electron chi connectivity index (χ0n) is 16.4. The summed E-state index contributed by atoms with van der Waals surface area (Å²) in [6.45, 7) is 3.73. The van der Waals surface area contributed by atoms with E-state index in [9.17, 15) is 4.79 Å². The van der Waals surface area contributed by atoms with Crippen molar-refractivity contribution in [2.75, 3.05) is 25.0 Å². The monoisotopic (exact) mass is 441 g/mol. The molecule has 0 atom stereocenters. The molecule has 1 amide bonds. The number of anilines is 1. The Labute approximate surface area is 173 Å². The molecule has 0 spiro atoms. The van der Waals surface area contributed by atoms with Crippen LogP contribution in [0, 0.1) is 6.92 Å². The number of carbonyl (C=O) groups is 1. The number of pyridine rings is 1. The molecular weight excluding hydrogens is 418 g/mol. The van der Waals surface area contributed by atoms with Gasteiger partial charge in [-0.2, -0.15) is 5.10 Å². The van der Waals surface area contributed by atoms with Gasteiger partial charge in [-0.1, -0.05) is 22.0 Å². The summed E-state index contributed by atoms with van der Waals surface area (Å²) in [5.41, 5.74) is 2.50. The van der Waals surface area contributed by atoms with E-state index in [-0.39, 0.29) is 11.9 Å². The SMILES string of the molecule is Cc1cc(C(=O)N(C)C2CCN(c3ccc4ccc(Br)cc4n3)CC2)nn1C. The molecule has 0 N–H and O–H groups in total. The first-order valence-electron chi connectivity index (χ1n) is 9.51. The fourth-order valence-corrected chi connectivity index (χ4v) is 4.10. The molecule has 3 heterocycles. The van der Waals surface area contributed by atoms with Crippen LogP contribution in [-0.4, -0.2) is 51.8 Å². The molecule has 1 aliphatic rings. The summed E-state index contributed by atoms with van der Waals surface area (Å²) in [5.74, 6) is 0.995. The van der Waals surface area contributed by atoms with Crippen LogP contribution in [0.15, 0.2) is 40.9 Å². The van der Waals surface area contributed by atoms with E-state index in [4.69, 9.17) is 4.98 Å². The number of rotatable bonds is 3. The number of halogens is 1. The third-order valence-electron chi connectivity index (χ3n) is 5.63. The predicted molar refractivity (Wildman–Crippen MR) is 115 cm³/mol. The molecule has 4 rings (SSSR count). The molecule has 1 saturated heterocycles. The number of aromatic nitrogens is 3. The largest absolute Gasteiger partial charge is 0.356 e. The van der Waals surface area contributed by atoms with Gasteiger partial charge in [-0.3, -0.25) is 9.48 Å². The Balaban J connectivity index is 1.43. The maximum atomic E-state index is 12.8. The van der Waals surface area contributed by atoms with Crippen LogP contribution >= 0.6 is 15.9 Å². The van der Waals surface area contributed by atoms with Crippen molar-refractivity contribution < 1.29 is 4.79 Å². The number of fused-ring (bicyclic) bond motifs is 1. The highest BCUT2D eigenvalue weighted by Crippen LogP contribution is 2.25. The van der Waals surface area contributed by atoms with E-state index < -0.39 is 0 Å². The quantitative estimate of drug-likeness (QED) is 0.620. The smallest absolute Gasteiger partial charge is 0.274 e. The first-order chi connectivity index (χ1) is 13.4. The Morgan fingerprint density at radius 3 is 2.57 bits per heavy atom. The van der Waals surface area contributed by atoms with Crippen molar-refractivity contribution in [2.24, 2.45) is 7.05 Å². The molecule has 0 radical (unpaired) electrons. The van der Waals surface area contributed by atoms with E-state index >= 15 is 0 Å². The van der Waals surface area contributed by atoms with Gasteiger partial charge in [-0.15, -0.1) is 0 Å². The van der Waals surface area contributed by atoms with Crippen molar-refractivity contribution in [3.05, 3.63) is 52.3 Å². The van der Waals surface area contributed by atoms with E-state index in [1.807, 2.05) is 44.1 Å². The van der Waals surface area contributed by atoms with Crippen LogP contribution in [0.1, 0.15) is 29.0 Å². The second kappa shape index (κ2) is 7.54. The third kappa shape index (κ3) is 3.63. The normalized spacial score (nSPS) is 15.2. The van der Waals surface area contributed by atoms with E-state index in [2.05, 4.69) is 44.1 Å². The average molecular weight is 442 g/mol. The number of carbonyl (C=O) groups excluding carboxylic acids is 1. The summed E-state index contributed by atoms with van der Waals surface area (Å²) in [6, 6.07) is 12.4. The van der Waals surface area contributed by atoms with Crippen LogP contribution in [0.5, 0.6) is 0 Å². The topological polar surface area (TPSA) is 54.3 Å². The third-order valence-corrected chi connectivity index (χ3v) is 6.12. The second-order valence-electron chi connectivity index (χ2n) is 7.44. The van der Waals surface area contributed by atoms with Gasteiger partial charge in [0.1, 0.15) is 5.82 Å². The fraction of sp³-hybridized carbons (Fsp3) is 0.381. The molecular formula is C21H24BrN5O. The van der Waals surface area contributed by atoms with Gasteiger partial charge >= 0.3 is 0 Å². The Bertz CT molecular complexity index is 1000. The van der Waals surface area contributed by atoms with E-state index in [0.29, 0.717) is 5.69 Å². The molecule has 2 aromatic heterocycles. The maximum absolute atomic E-state index is 12.8. The first kappa shape index (κ1) is 18.9. The number of aryl methyl sites for hydroxylation is 2. The molecule has 6 nitrogen and oxygen atoms in total. The lowest BCUT2D eigenvalue weighted by Crippen LogP contribution is -2.46. The van der Waals surface area contributed by atoms with Crippen molar-refractivity contribution in [1.29, 1.82) is 0 Å². The minimum Gasteiger partial charge on any atom is -0.356 e. The standard InChI is InChI=1S/C21H24BrN5O/c1-14-12-19(24-26(14)3)21(28)25(2)17-8-10-27(11-9-17)20-7-5-15-4-6-16(22)13-18(15)23-20/h4-7,12-13,17H,8-11H2,1-3H3. The molecule has 1 aromatic carbocycles. The maximum Gasteiger partial charge on any atom is 0.274 e. The molecule has 1 aliphatic heterocycles. The zero-order chi connectivity index (χ0) is 19.8. The van der Waals surface area contributed by atoms with Gasteiger partial charge in [-0.25, -0.2) is 4.98 Å². The highest BCUT2D eigenvalue weighted by atomic mass is 79.9. The summed E-state index contributed by atoms with van der Waals surface area (Å²) in [7, 11) is 3.75. The van der Waals surface area contributed by atoms with Crippen LogP contribution in [0.2, 0.25) is 0 Å². The van der Waals surface area contributed by atoms with Crippen molar-refractivity contribution in [2.45, 2.75) is 25.8 Å². The number of hydrogen-bond donors (Lipinski definition) is 0. The van der Waals surface area contributed by atoms with Gasteiger partial charge in [0.15, 0.2) is 5.69 Å². The number of nitrogens with zero attached hydrogens (tertiary/aromatic N) is 5. The number of amides is 1. The molecule has 7 heteroatoms. The summed E-state index contributed by atoms with van der Waals surface area (Å²) in [6.07, 6.45) is 1.85. The van der Waals surface area contributed by atoms with E-state index in [1.165, 1.54) is 0 Å². The summed E-state index contributed by atoms with van der Waals surface area (Å²) >= 11 is 3.52. The van der Waals surface area contributed by atoms with Gasteiger partial charge < -0.3 is 9.80 Å². The molecule has 3 aromatic rings. The van der Waals surface area contributed by atoms with Crippen LogP contribution < -0.4 is 4.90 Å². The van der Waals surface area contributed by atoms with Gasteiger partial charge in [0, 0.05) is 48.8 Å². The highest BCUT2D eigenvalue weighted by Gasteiger charge is 2.27. The zero-order valence-corrected chi connectivity index (χ0v) is 18.0. The number of hydrogen-bond acceptors (Lipinski definition) is 4. The predicted octanol–water partition coefficient (Wildman–Crippen LogP) is 3.78. The fourth-order valence-electron chi connectivity index (χ4n) is 3.75. The van der Waals surface area contributed by atoms with Gasteiger partial charge in [0.25, 0.3) is 5.91 Å². The van der Waals surface area contributed by atoms with E-state index in [0.717, 1.165) is 52.8 Å². The summed E-state index contributed by atoms with van der Waals surface area (Å²) in [5, 5.41) is 5.46. The lowest BCUT2D eigenvalue weighted by atomic mass is 10.0. The Morgan fingerprint density at radius 2 is 1.89 bits per heavy atom. The molecule has 0 bridgehead atoms. The van der Waals surface area contributed by atoms with Crippen molar-refractivity contribution in [3.63, 3.8) is 0 Å². The number of piperidine rings is 1. The molecule has 146 valence electrons. The molecule has 0 unspecified atom stereocenters. The lowest BCUT2D eigenvalue weighted by molar-refractivity contribution is 0.0702. The van der Waals surface area contributed by atoms with Gasteiger partial charge in [0.05, 0.1) is 5.52 Å². The Kier molecular flexibility index (Phi) is 5.10. The molecule has 1 fully saturated rings. The second-order valence-corrected chi connectivity index (χ2v) is 8.35. The van der Waals surface area contributed by atoms with Crippen LogP contribution in [0.4, 0.5) is 5.82 Å². The minimum absolute atomic E-state index is 0.00386. The minimum atomic E-state index is -0.00386. The summed E-state index contributed by atoms with van der Waals surface area (Å²) < 4.78 is 2.78. The number of benzene rings is 1. The first-order valence-corrected chi connectivity index (χ1v) is 10.3. The van der Waals surface area contributed by atoms with E-state index in [1.54, 1.807) is 4.68 Å². The van der Waals surface area contributed by atoms with Crippen molar-refractivity contribution in [3.8, 4) is 0 Å². The van der Waals surface area contributed by atoms with Crippen molar-refractivity contribution >= 4 is 38.6 Å². The summed E-state index contributed by atoms with van der Waals surface area (Å²) in [4.78, 5) is 21.7. The molecule has 0 saturated carbocycles. The lowest BCUT2D eigenvalue weighted by Gasteiger charge is -2.37. The Morgan fingerprint density at radius 1 is 1.18 bits per heavy atom. The average Bonchev–Trinajstić information content (AvgIpc) is 3.05. The molecule has 28 heavy (non-hydrogen) atoms. The highest BCUT2D eigenvalue weighted by molar-refractivity contribution is 9.10. The van der Waals surface area contributed by atoms with Crippen LogP contribution in [-0.2, 0) is 7.05 Å². The Hall–Kier alpha value is -2.41. The van der Waals surface area contributed by atoms with Crippen LogP contribution in [0.25, 0.3) is 10.9 Å². The van der Waals surface area contributed by atoms with Crippen molar-refractivity contribution in [1.82, 2.24) is 19.7 Å².